The summed E-state index contributed by atoms with van der Waals surface area (Å²) in [6, 6.07) is 5.45. The van der Waals surface area contributed by atoms with Gasteiger partial charge >= 0.3 is 0 Å². The number of halogens is 3. The van der Waals surface area contributed by atoms with Crippen molar-refractivity contribution < 1.29 is 4.74 Å². The van der Waals surface area contributed by atoms with E-state index in [0.29, 0.717) is 21.9 Å². The van der Waals surface area contributed by atoms with E-state index in [1.165, 1.54) is 0 Å². The summed E-state index contributed by atoms with van der Waals surface area (Å²) in [5.41, 5.74) is 7.00. The topological polar surface area (TPSA) is 62.9 Å². The SMILES string of the molecule is COCCN1CCC(CN=C(N)NC(C)c2ccc(Cl)cc2Cl)CC1.I. The monoisotopic (exact) mass is 514 g/mol. The van der Waals surface area contributed by atoms with E-state index in [-0.39, 0.29) is 30.0 Å². The van der Waals surface area contributed by atoms with Gasteiger partial charge in [-0.15, -0.1) is 24.0 Å². The van der Waals surface area contributed by atoms with E-state index in [1.54, 1.807) is 13.2 Å². The van der Waals surface area contributed by atoms with Gasteiger partial charge in [0.15, 0.2) is 5.96 Å². The summed E-state index contributed by atoms with van der Waals surface area (Å²) in [7, 11) is 1.75. The number of likely N-dealkylation sites (tertiary alicyclic amines) is 1. The van der Waals surface area contributed by atoms with Gasteiger partial charge in [-0.05, 0) is 56.5 Å². The van der Waals surface area contributed by atoms with E-state index in [2.05, 4.69) is 15.2 Å². The normalized spacial score (nSPS) is 17.6. The molecule has 1 aromatic carbocycles. The minimum atomic E-state index is -0.0237. The number of benzene rings is 1. The van der Waals surface area contributed by atoms with Crippen molar-refractivity contribution in [2.75, 3.05) is 39.9 Å². The summed E-state index contributed by atoms with van der Waals surface area (Å²) in [4.78, 5) is 6.96. The first-order chi connectivity index (χ1) is 12.0. The molecule has 0 aliphatic carbocycles. The van der Waals surface area contributed by atoms with Crippen molar-refractivity contribution in [3.63, 3.8) is 0 Å². The lowest BCUT2D eigenvalue weighted by molar-refractivity contribution is 0.121. The van der Waals surface area contributed by atoms with Crippen molar-refractivity contribution in [3.8, 4) is 0 Å². The molecule has 1 fully saturated rings. The van der Waals surface area contributed by atoms with E-state index in [9.17, 15) is 0 Å². The van der Waals surface area contributed by atoms with Gasteiger partial charge in [-0.2, -0.15) is 0 Å². The van der Waals surface area contributed by atoms with Crippen LogP contribution in [0.25, 0.3) is 0 Å². The van der Waals surface area contributed by atoms with E-state index < -0.39 is 0 Å². The predicted molar refractivity (Wildman–Crippen MR) is 121 cm³/mol. The molecule has 1 aromatic rings. The van der Waals surface area contributed by atoms with E-state index in [0.717, 1.165) is 51.2 Å². The van der Waals surface area contributed by atoms with Crippen molar-refractivity contribution >= 4 is 53.1 Å². The molecule has 0 saturated carbocycles. The number of guanidine groups is 1. The molecule has 2 rings (SSSR count). The first-order valence-electron chi connectivity index (χ1n) is 8.72. The fraction of sp³-hybridized carbons (Fsp3) is 0.611. The van der Waals surface area contributed by atoms with Crippen LogP contribution in [0.3, 0.4) is 0 Å². The van der Waals surface area contributed by atoms with Gasteiger partial charge in [-0.3, -0.25) is 4.99 Å². The standard InChI is InChI=1S/C18H28Cl2N4O.HI/c1-13(16-4-3-15(19)11-17(16)20)23-18(21)22-12-14-5-7-24(8-6-14)9-10-25-2;/h3-4,11,13-14H,5-10,12H2,1-2H3,(H3,21,22,23);1H. The van der Waals surface area contributed by atoms with E-state index in [1.807, 2.05) is 19.1 Å². The maximum Gasteiger partial charge on any atom is 0.189 e. The van der Waals surface area contributed by atoms with Crippen LogP contribution >= 0.6 is 47.2 Å². The molecule has 1 aliphatic rings. The third kappa shape index (κ3) is 7.76. The molecule has 1 heterocycles. The Morgan fingerprint density at radius 1 is 1.38 bits per heavy atom. The third-order valence-corrected chi connectivity index (χ3v) is 5.19. The van der Waals surface area contributed by atoms with Crippen LogP contribution in [0.2, 0.25) is 10.0 Å². The Kier molecular flexibility index (Phi) is 11.2. The van der Waals surface area contributed by atoms with Crippen molar-refractivity contribution in [2.24, 2.45) is 16.6 Å². The lowest BCUT2D eigenvalue weighted by Gasteiger charge is -2.31. The summed E-state index contributed by atoms with van der Waals surface area (Å²) in [5.74, 6) is 1.05. The van der Waals surface area contributed by atoms with Crippen molar-refractivity contribution in [3.05, 3.63) is 33.8 Å². The Bertz CT molecular complexity index is 580. The maximum atomic E-state index is 6.24. The van der Waals surface area contributed by atoms with Gasteiger partial charge in [0.2, 0.25) is 0 Å². The van der Waals surface area contributed by atoms with Gasteiger partial charge in [0.05, 0.1) is 12.6 Å². The summed E-state index contributed by atoms with van der Waals surface area (Å²) in [6.07, 6.45) is 2.30. The summed E-state index contributed by atoms with van der Waals surface area (Å²) < 4.78 is 5.13. The highest BCUT2D eigenvalue weighted by atomic mass is 127. The van der Waals surface area contributed by atoms with Crippen LogP contribution in [0, 0.1) is 5.92 Å². The van der Waals surface area contributed by atoms with Gasteiger partial charge in [-0.1, -0.05) is 29.3 Å². The number of methoxy groups -OCH3 is 1. The zero-order valence-electron chi connectivity index (χ0n) is 15.4. The second-order valence-electron chi connectivity index (χ2n) is 6.54. The molecule has 1 aliphatic heterocycles. The quantitative estimate of drug-likeness (QED) is 0.328. The molecule has 1 atom stereocenters. The molecular weight excluding hydrogens is 486 g/mol. The molecule has 3 N–H and O–H groups in total. The fourth-order valence-electron chi connectivity index (χ4n) is 3.04. The smallest absolute Gasteiger partial charge is 0.189 e. The van der Waals surface area contributed by atoms with Gasteiger partial charge < -0.3 is 20.7 Å². The van der Waals surface area contributed by atoms with Crippen LogP contribution in [0.5, 0.6) is 0 Å². The van der Waals surface area contributed by atoms with Crippen LogP contribution in [0.4, 0.5) is 0 Å². The molecule has 1 saturated heterocycles. The number of rotatable bonds is 7. The predicted octanol–water partition coefficient (Wildman–Crippen LogP) is 3.94. The van der Waals surface area contributed by atoms with Gasteiger partial charge in [0.25, 0.3) is 0 Å². The Hall–Kier alpha value is -0.280. The van der Waals surface area contributed by atoms with E-state index >= 15 is 0 Å². The van der Waals surface area contributed by atoms with Crippen LogP contribution in [-0.4, -0.2) is 50.8 Å². The van der Waals surface area contributed by atoms with Gasteiger partial charge in [0, 0.05) is 30.2 Å². The zero-order valence-corrected chi connectivity index (χ0v) is 19.2. The molecule has 0 bridgehead atoms. The van der Waals surface area contributed by atoms with Crippen LogP contribution in [0.15, 0.2) is 23.2 Å². The molecular formula is C18H29Cl2IN4O. The fourth-order valence-corrected chi connectivity index (χ4v) is 3.61. The molecule has 0 spiro atoms. The number of piperidine rings is 1. The Labute approximate surface area is 183 Å². The minimum absolute atomic E-state index is 0. The summed E-state index contributed by atoms with van der Waals surface area (Å²) >= 11 is 12.2. The second-order valence-corrected chi connectivity index (χ2v) is 7.38. The largest absolute Gasteiger partial charge is 0.383 e. The molecule has 0 radical (unpaired) electrons. The average Bonchev–Trinajstić information content (AvgIpc) is 2.59. The van der Waals surface area contributed by atoms with Crippen LogP contribution in [0.1, 0.15) is 31.4 Å². The van der Waals surface area contributed by atoms with Crippen molar-refractivity contribution in [1.29, 1.82) is 0 Å². The summed E-state index contributed by atoms with van der Waals surface area (Å²) in [6.45, 7) is 6.78. The third-order valence-electron chi connectivity index (χ3n) is 4.63. The highest BCUT2D eigenvalue weighted by molar-refractivity contribution is 14.0. The molecule has 5 nitrogen and oxygen atoms in total. The number of nitrogens with zero attached hydrogens (tertiary/aromatic N) is 2. The van der Waals surface area contributed by atoms with Crippen LogP contribution < -0.4 is 11.1 Å². The highest BCUT2D eigenvalue weighted by Crippen LogP contribution is 2.26. The molecule has 26 heavy (non-hydrogen) atoms. The zero-order chi connectivity index (χ0) is 18.2. The Morgan fingerprint density at radius 3 is 2.69 bits per heavy atom. The number of ether oxygens (including phenoxy) is 1. The van der Waals surface area contributed by atoms with Gasteiger partial charge in [0.1, 0.15) is 0 Å². The number of nitrogens with two attached hydrogens (primary N) is 1. The first kappa shape index (κ1) is 23.8. The molecule has 8 heteroatoms. The van der Waals surface area contributed by atoms with Crippen molar-refractivity contribution in [2.45, 2.75) is 25.8 Å². The number of nitrogens with one attached hydrogen (secondary N) is 1. The molecule has 0 aromatic heterocycles. The lowest BCUT2D eigenvalue weighted by Crippen LogP contribution is -2.38. The maximum absolute atomic E-state index is 6.24. The van der Waals surface area contributed by atoms with Gasteiger partial charge in [-0.25, -0.2) is 0 Å². The van der Waals surface area contributed by atoms with Crippen molar-refractivity contribution in [1.82, 2.24) is 10.2 Å². The lowest BCUT2D eigenvalue weighted by atomic mass is 9.97. The molecule has 1 unspecified atom stereocenters. The first-order valence-corrected chi connectivity index (χ1v) is 9.48. The molecule has 0 amide bonds. The minimum Gasteiger partial charge on any atom is -0.383 e. The highest BCUT2D eigenvalue weighted by Gasteiger charge is 2.18. The Morgan fingerprint density at radius 2 is 2.08 bits per heavy atom. The van der Waals surface area contributed by atoms with Crippen LogP contribution in [-0.2, 0) is 4.74 Å². The second kappa shape index (κ2) is 12.2. The number of hydrogen-bond donors (Lipinski definition) is 2. The Balaban J connectivity index is 0.00000338. The number of aliphatic imine (C=N–C) groups is 1. The average molecular weight is 515 g/mol. The number of hydrogen-bond acceptors (Lipinski definition) is 3. The van der Waals surface area contributed by atoms with E-state index in [4.69, 9.17) is 33.7 Å². The molecule has 148 valence electrons. The summed E-state index contributed by atoms with van der Waals surface area (Å²) in [5, 5.41) is 4.46.